The van der Waals surface area contributed by atoms with E-state index < -0.39 is 73.8 Å². The number of rotatable bonds is 48. The molecule has 0 aromatic heterocycles. The molecule has 0 bridgehead atoms. The zero-order valence-electron chi connectivity index (χ0n) is 45.6. The number of carbonyl (C=O) groups excluding carboxylic acids is 1. The number of unbranched alkanes of at least 4 members (excludes halogenated alkanes) is 34. The molecule has 0 radical (unpaired) electrons. The molecule has 7 N–H and O–H groups in total. The van der Waals surface area contributed by atoms with Crippen molar-refractivity contribution < 1.29 is 62.4 Å². The first-order valence-electron chi connectivity index (χ1n) is 29.6. The molecule has 0 unspecified atom stereocenters. The van der Waals surface area contributed by atoms with Crippen LogP contribution in [0.15, 0.2) is 24.3 Å². The summed E-state index contributed by atoms with van der Waals surface area (Å²) in [7, 11) is 0. The summed E-state index contributed by atoms with van der Waals surface area (Å²) in [6.45, 7) is 4.16. The molecule has 1 fully saturated rings. The van der Waals surface area contributed by atoms with E-state index in [2.05, 4.69) is 29.2 Å². The minimum atomic E-state index is -5.01. The molecule has 2 rings (SSSR count). The number of para-hydroxylation sites is 2. The van der Waals surface area contributed by atoms with Crippen LogP contribution in [0.1, 0.15) is 251 Å². The number of hydrogen-bond donors (Lipinski definition) is 7. The zero-order chi connectivity index (χ0) is 53.2. The number of aliphatic hydroxyl groups is 5. The van der Waals surface area contributed by atoms with E-state index in [0.29, 0.717) is 13.0 Å². The van der Waals surface area contributed by atoms with Crippen molar-refractivity contribution >= 4 is 11.8 Å². The third-order valence-corrected chi connectivity index (χ3v) is 14.4. The number of anilines is 1. The second kappa shape index (κ2) is 43.8. The average Bonchev–Trinajstić information content (AvgIpc) is 3.36. The van der Waals surface area contributed by atoms with Gasteiger partial charge in [-0.15, -0.1) is 13.2 Å². The number of aliphatic hydroxyl groups excluding tert-OH is 5. The number of nitrogens with one attached hydrogen (secondary N) is 2. The van der Waals surface area contributed by atoms with Crippen molar-refractivity contribution in [3.63, 3.8) is 0 Å². The molecule has 12 nitrogen and oxygen atoms in total. The first-order valence-corrected chi connectivity index (χ1v) is 29.6. The van der Waals surface area contributed by atoms with Crippen molar-refractivity contribution in [2.75, 3.05) is 25.1 Å². The van der Waals surface area contributed by atoms with Gasteiger partial charge >= 0.3 is 12.5 Å². The van der Waals surface area contributed by atoms with Crippen molar-refractivity contribution in [2.24, 2.45) is 0 Å². The van der Waals surface area contributed by atoms with E-state index in [1.165, 1.54) is 204 Å². The summed E-state index contributed by atoms with van der Waals surface area (Å²) in [5.41, 5.74) is -0.323. The first-order chi connectivity index (χ1) is 35.4. The number of carbonyl (C=O) groups is 1. The molecule has 8 atom stereocenters. The second-order valence-corrected chi connectivity index (χ2v) is 21.0. The van der Waals surface area contributed by atoms with Gasteiger partial charge < -0.3 is 49.8 Å². The Labute approximate surface area is 440 Å². The number of alkyl halides is 3. The molecular formula is C58H105F3N2O10. The van der Waals surface area contributed by atoms with Crippen LogP contribution in [-0.2, 0) is 14.2 Å². The van der Waals surface area contributed by atoms with Gasteiger partial charge in [0.25, 0.3) is 0 Å². The lowest BCUT2D eigenvalue weighted by Crippen LogP contribution is -2.60. The normalized spacial score (nSPS) is 19.5. The Morgan fingerprint density at radius 3 is 1.44 bits per heavy atom. The van der Waals surface area contributed by atoms with Crippen LogP contribution >= 0.6 is 0 Å². The van der Waals surface area contributed by atoms with Gasteiger partial charge in [0.1, 0.15) is 31.0 Å². The second-order valence-electron chi connectivity index (χ2n) is 21.0. The topological polar surface area (TPSA) is 179 Å². The number of amides is 1. The van der Waals surface area contributed by atoms with Crippen LogP contribution in [-0.4, -0.2) is 107 Å². The fraction of sp³-hybridized carbons (Fsp3) is 0.879. The van der Waals surface area contributed by atoms with E-state index in [1.54, 1.807) is 0 Å². The lowest BCUT2D eigenvalue weighted by atomic mass is 9.98. The monoisotopic (exact) mass is 1050 g/mol. The molecule has 1 aliphatic rings. The molecule has 1 aliphatic heterocycles. The Morgan fingerprint density at radius 2 is 1.00 bits per heavy atom. The average molecular weight is 1050 g/mol. The quantitative estimate of drug-likeness (QED) is 0.0309. The lowest BCUT2D eigenvalue weighted by Gasteiger charge is -2.40. The van der Waals surface area contributed by atoms with Gasteiger partial charge in [0.15, 0.2) is 12.0 Å². The Balaban J connectivity index is 1.74. The maximum absolute atomic E-state index is 12.9. The SMILES string of the molecule is CCCCCCCCCCCCCCCCCCCCCCCCCCN[C@@H](CO[C@H]1O[C@H](COC(=O)Nc2ccccc2OC(F)(F)F)[C@H](O)[C@H](O)[C@H]1O)[C@H](O)[C@H](O)CCCCCCCCCCCCCC. The lowest BCUT2D eigenvalue weighted by molar-refractivity contribution is -0.302. The molecular weight excluding hydrogens is 942 g/mol. The fourth-order valence-corrected chi connectivity index (χ4v) is 9.76. The van der Waals surface area contributed by atoms with Gasteiger partial charge in [-0.1, -0.05) is 251 Å². The van der Waals surface area contributed by atoms with E-state index >= 15 is 0 Å². The highest BCUT2D eigenvalue weighted by molar-refractivity contribution is 5.86. The van der Waals surface area contributed by atoms with Gasteiger partial charge in [-0.3, -0.25) is 5.32 Å². The van der Waals surface area contributed by atoms with Crippen LogP contribution in [0.5, 0.6) is 5.75 Å². The molecule has 1 amide bonds. The molecule has 428 valence electrons. The van der Waals surface area contributed by atoms with Gasteiger partial charge in [-0.05, 0) is 31.5 Å². The highest BCUT2D eigenvalue weighted by atomic mass is 19.4. The maximum Gasteiger partial charge on any atom is 0.573 e. The van der Waals surface area contributed by atoms with Gasteiger partial charge in [0.05, 0.1) is 30.5 Å². The van der Waals surface area contributed by atoms with Crippen molar-refractivity contribution in [2.45, 2.75) is 307 Å². The fourth-order valence-electron chi connectivity index (χ4n) is 9.76. The van der Waals surface area contributed by atoms with E-state index in [-0.39, 0.29) is 12.3 Å². The summed E-state index contributed by atoms with van der Waals surface area (Å²) in [5, 5.41) is 60.2. The Kier molecular flexibility index (Phi) is 40.1. The largest absolute Gasteiger partial charge is 0.573 e. The molecule has 73 heavy (non-hydrogen) atoms. The summed E-state index contributed by atoms with van der Waals surface area (Å²) in [6, 6.07) is 4.10. The Bertz CT molecular complexity index is 1430. The number of benzene rings is 1. The summed E-state index contributed by atoms with van der Waals surface area (Å²) in [6.07, 6.45) is 29.5. The summed E-state index contributed by atoms with van der Waals surface area (Å²) < 4.78 is 59.4. The number of halogens is 3. The number of hydrogen-bond acceptors (Lipinski definition) is 11. The number of ether oxygens (including phenoxy) is 4. The Morgan fingerprint density at radius 1 is 0.589 bits per heavy atom. The van der Waals surface area contributed by atoms with Gasteiger partial charge in [0.2, 0.25) is 0 Å². The van der Waals surface area contributed by atoms with Crippen LogP contribution in [0.4, 0.5) is 23.7 Å². The van der Waals surface area contributed by atoms with Gasteiger partial charge in [-0.2, -0.15) is 0 Å². The predicted molar refractivity (Wildman–Crippen MR) is 287 cm³/mol. The molecule has 1 saturated heterocycles. The van der Waals surface area contributed by atoms with Crippen molar-refractivity contribution in [3.8, 4) is 5.75 Å². The molecule has 0 spiro atoms. The van der Waals surface area contributed by atoms with Gasteiger partial charge in [0, 0.05) is 0 Å². The standard InChI is InChI=1S/C58H105F3N2O10/c1-3-5-7-9-11-13-15-17-18-19-20-21-22-23-24-25-26-27-28-30-32-34-36-40-44-62-48(52(65)49(64)42-37-35-33-31-29-16-14-12-10-8-6-4-2)45-70-56-55(68)54(67)53(66)51(72-56)46-71-57(69)63-47-41-38-39-43-50(47)73-58(59,60)61/h38-39,41,43,48-49,51-56,62,64-68H,3-37,40,42,44-46H2,1-2H3,(H,63,69)/t48-,49+,51+,52-,53-,54-,55+,56-/m0/s1. The van der Waals surface area contributed by atoms with Crippen LogP contribution < -0.4 is 15.4 Å². The summed E-state index contributed by atoms with van der Waals surface area (Å²) in [4.78, 5) is 12.6. The molecule has 1 aromatic carbocycles. The summed E-state index contributed by atoms with van der Waals surface area (Å²) in [5.74, 6) is -0.668. The van der Waals surface area contributed by atoms with E-state index in [4.69, 9.17) is 14.2 Å². The van der Waals surface area contributed by atoms with Gasteiger partial charge in [-0.25, -0.2) is 4.79 Å². The predicted octanol–water partition coefficient (Wildman–Crippen LogP) is 14.1. The molecule has 0 aliphatic carbocycles. The minimum absolute atomic E-state index is 0.231. The molecule has 15 heteroatoms. The maximum atomic E-state index is 12.9. The van der Waals surface area contributed by atoms with Crippen LogP contribution in [0.25, 0.3) is 0 Å². The highest BCUT2D eigenvalue weighted by Gasteiger charge is 2.45. The zero-order valence-corrected chi connectivity index (χ0v) is 45.6. The van der Waals surface area contributed by atoms with Crippen molar-refractivity contribution in [1.82, 2.24) is 5.32 Å². The van der Waals surface area contributed by atoms with E-state index in [9.17, 15) is 43.5 Å². The molecule has 0 saturated carbocycles. The van der Waals surface area contributed by atoms with Crippen molar-refractivity contribution in [3.05, 3.63) is 24.3 Å². The first kappa shape index (κ1) is 66.9. The molecule has 1 aromatic rings. The van der Waals surface area contributed by atoms with E-state index in [1.807, 2.05) is 0 Å². The summed E-state index contributed by atoms with van der Waals surface area (Å²) >= 11 is 0. The Hall–Kier alpha value is -2.24. The molecule has 1 heterocycles. The van der Waals surface area contributed by atoms with Crippen LogP contribution in [0.2, 0.25) is 0 Å². The van der Waals surface area contributed by atoms with Crippen molar-refractivity contribution in [1.29, 1.82) is 0 Å². The highest BCUT2D eigenvalue weighted by Crippen LogP contribution is 2.30. The van der Waals surface area contributed by atoms with E-state index in [0.717, 1.165) is 51.0 Å². The third-order valence-electron chi connectivity index (χ3n) is 14.4. The van der Waals surface area contributed by atoms with Crippen LogP contribution in [0.3, 0.4) is 0 Å². The minimum Gasteiger partial charge on any atom is -0.446 e. The van der Waals surface area contributed by atoms with Crippen LogP contribution in [0, 0.1) is 0 Å². The third kappa shape index (κ3) is 34.2. The smallest absolute Gasteiger partial charge is 0.446 e.